The molecule has 20 heavy (non-hydrogen) atoms. The predicted octanol–water partition coefficient (Wildman–Crippen LogP) is 2.28. The maximum Gasteiger partial charge on any atom is 0.272 e. The summed E-state index contributed by atoms with van der Waals surface area (Å²) in [5, 5.41) is 7.34. The maximum absolute atomic E-state index is 12.2. The second kappa shape index (κ2) is 5.33. The number of nitrogens with zero attached hydrogens (tertiary/aromatic N) is 2. The number of amides is 1. The van der Waals surface area contributed by atoms with Gasteiger partial charge in [-0.05, 0) is 31.4 Å². The van der Waals surface area contributed by atoms with E-state index >= 15 is 0 Å². The van der Waals surface area contributed by atoms with E-state index in [1.54, 1.807) is 6.08 Å². The zero-order valence-corrected chi connectivity index (χ0v) is 11.3. The number of hydrogen-bond acceptors (Lipinski definition) is 2. The largest absolute Gasteiger partial charge is 0.347 e. The third-order valence-electron chi connectivity index (χ3n) is 3.55. The zero-order chi connectivity index (χ0) is 13.9. The molecule has 4 heteroatoms. The highest BCUT2D eigenvalue weighted by Crippen LogP contribution is 2.27. The Morgan fingerprint density at radius 3 is 2.90 bits per heavy atom. The molecule has 0 spiro atoms. The molecule has 2 aromatic rings. The van der Waals surface area contributed by atoms with Gasteiger partial charge in [0, 0.05) is 17.8 Å². The molecule has 1 heterocycles. The van der Waals surface area contributed by atoms with Crippen LogP contribution in [-0.4, -0.2) is 22.2 Å². The summed E-state index contributed by atoms with van der Waals surface area (Å²) < 4.78 is 1.91. The fourth-order valence-corrected chi connectivity index (χ4v) is 2.65. The van der Waals surface area contributed by atoms with Crippen LogP contribution in [0.25, 0.3) is 5.69 Å². The first kappa shape index (κ1) is 12.7. The van der Waals surface area contributed by atoms with Gasteiger partial charge in [-0.15, -0.1) is 6.58 Å². The standard InChI is InChI=1S/C16H17N3O/c1-2-11-17-16(20)15-13-9-6-10-14(13)19(18-15)12-7-4-3-5-8-12/h2-5,7-8H,1,6,9-11H2,(H,17,20). The molecular formula is C16H17N3O. The van der Waals surface area contributed by atoms with Crippen LogP contribution >= 0.6 is 0 Å². The Kier molecular flexibility index (Phi) is 3.37. The van der Waals surface area contributed by atoms with E-state index < -0.39 is 0 Å². The van der Waals surface area contributed by atoms with E-state index in [1.165, 1.54) is 5.69 Å². The van der Waals surface area contributed by atoms with E-state index in [2.05, 4.69) is 17.0 Å². The Balaban J connectivity index is 2.01. The number of rotatable bonds is 4. The van der Waals surface area contributed by atoms with Crippen molar-refractivity contribution in [2.45, 2.75) is 19.3 Å². The highest BCUT2D eigenvalue weighted by atomic mass is 16.1. The van der Waals surface area contributed by atoms with Crippen LogP contribution in [0.15, 0.2) is 43.0 Å². The molecule has 1 aliphatic carbocycles. The molecule has 1 aromatic carbocycles. The van der Waals surface area contributed by atoms with Crippen LogP contribution in [-0.2, 0) is 12.8 Å². The molecule has 0 saturated heterocycles. The summed E-state index contributed by atoms with van der Waals surface area (Å²) >= 11 is 0. The summed E-state index contributed by atoms with van der Waals surface area (Å²) in [5.74, 6) is -0.113. The van der Waals surface area contributed by atoms with Crippen LogP contribution < -0.4 is 5.32 Å². The average Bonchev–Trinajstić information content (AvgIpc) is 3.07. The topological polar surface area (TPSA) is 46.9 Å². The molecule has 1 aliphatic rings. The van der Waals surface area contributed by atoms with Crippen molar-refractivity contribution < 1.29 is 4.79 Å². The lowest BCUT2D eigenvalue weighted by molar-refractivity contribution is 0.0951. The van der Waals surface area contributed by atoms with Crippen LogP contribution in [0.2, 0.25) is 0 Å². The summed E-state index contributed by atoms with van der Waals surface area (Å²) in [7, 11) is 0. The minimum Gasteiger partial charge on any atom is -0.347 e. The van der Waals surface area contributed by atoms with E-state index in [-0.39, 0.29) is 5.91 Å². The Morgan fingerprint density at radius 2 is 2.15 bits per heavy atom. The van der Waals surface area contributed by atoms with Gasteiger partial charge in [0.25, 0.3) is 5.91 Å². The molecule has 1 amide bonds. The Hall–Kier alpha value is -2.36. The fourth-order valence-electron chi connectivity index (χ4n) is 2.65. The second-order valence-corrected chi connectivity index (χ2v) is 4.87. The molecule has 0 fully saturated rings. The lowest BCUT2D eigenvalue weighted by Gasteiger charge is -2.04. The summed E-state index contributed by atoms with van der Waals surface area (Å²) in [6.07, 6.45) is 4.67. The van der Waals surface area contributed by atoms with Crippen LogP contribution in [0.5, 0.6) is 0 Å². The molecule has 0 bridgehead atoms. The van der Waals surface area contributed by atoms with Gasteiger partial charge in [-0.25, -0.2) is 4.68 Å². The molecule has 0 aliphatic heterocycles. The molecule has 0 unspecified atom stereocenters. The van der Waals surface area contributed by atoms with Gasteiger partial charge in [0.15, 0.2) is 5.69 Å². The minimum absolute atomic E-state index is 0.113. The molecular weight excluding hydrogens is 250 g/mol. The van der Waals surface area contributed by atoms with Crippen molar-refractivity contribution in [3.8, 4) is 5.69 Å². The van der Waals surface area contributed by atoms with E-state index in [0.29, 0.717) is 12.2 Å². The van der Waals surface area contributed by atoms with Crippen molar-refractivity contribution >= 4 is 5.91 Å². The molecule has 4 nitrogen and oxygen atoms in total. The summed E-state index contributed by atoms with van der Waals surface area (Å²) in [6.45, 7) is 4.08. The van der Waals surface area contributed by atoms with Gasteiger partial charge in [0.2, 0.25) is 0 Å². The number of carbonyl (C=O) groups excluding carboxylic acids is 1. The van der Waals surface area contributed by atoms with Gasteiger partial charge in [-0.2, -0.15) is 5.10 Å². The quantitative estimate of drug-likeness (QED) is 0.864. The monoisotopic (exact) mass is 267 g/mol. The molecule has 102 valence electrons. The van der Waals surface area contributed by atoms with Gasteiger partial charge < -0.3 is 5.32 Å². The van der Waals surface area contributed by atoms with Crippen molar-refractivity contribution in [3.63, 3.8) is 0 Å². The normalized spacial score (nSPS) is 13.0. The molecule has 0 radical (unpaired) electrons. The Labute approximate surface area is 118 Å². The Morgan fingerprint density at radius 1 is 1.35 bits per heavy atom. The van der Waals surface area contributed by atoms with Crippen molar-refractivity contribution in [1.82, 2.24) is 15.1 Å². The van der Waals surface area contributed by atoms with E-state index in [1.807, 2.05) is 35.0 Å². The average molecular weight is 267 g/mol. The second-order valence-electron chi connectivity index (χ2n) is 4.87. The summed E-state index contributed by atoms with van der Waals surface area (Å²) in [5.41, 5.74) is 3.83. The van der Waals surface area contributed by atoms with Crippen LogP contribution in [0.1, 0.15) is 28.2 Å². The maximum atomic E-state index is 12.2. The number of fused-ring (bicyclic) bond motifs is 1. The van der Waals surface area contributed by atoms with Crippen LogP contribution in [0, 0.1) is 0 Å². The highest BCUT2D eigenvalue weighted by molar-refractivity contribution is 5.94. The predicted molar refractivity (Wildman–Crippen MR) is 78.1 cm³/mol. The fraction of sp³-hybridized carbons (Fsp3) is 0.250. The molecule has 0 atom stereocenters. The molecule has 3 rings (SSSR count). The third-order valence-corrected chi connectivity index (χ3v) is 3.55. The van der Waals surface area contributed by atoms with Crippen molar-refractivity contribution in [2.24, 2.45) is 0 Å². The molecule has 1 aromatic heterocycles. The van der Waals surface area contributed by atoms with E-state index in [9.17, 15) is 4.79 Å². The van der Waals surface area contributed by atoms with Crippen LogP contribution in [0.4, 0.5) is 0 Å². The number of aromatic nitrogens is 2. The number of benzene rings is 1. The van der Waals surface area contributed by atoms with Crippen molar-refractivity contribution in [2.75, 3.05) is 6.54 Å². The lowest BCUT2D eigenvalue weighted by atomic mass is 10.2. The number of nitrogens with one attached hydrogen (secondary N) is 1. The van der Waals surface area contributed by atoms with Gasteiger partial charge in [-0.1, -0.05) is 24.3 Å². The van der Waals surface area contributed by atoms with Gasteiger partial charge in [0.05, 0.1) is 5.69 Å². The lowest BCUT2D eigenvalue weighted by Crippen LogP contribution is -2.24. The molecule has 1 N–H and O–H groups in total. The smallest absolute Gasteiger partial charge is 0.272 e. The van der Waals surface area contributed by atoms with E-state index in [0.717, 1.165) is 30.5 Å². The third kappa shape index (κ3) is 2.13. The first-order valence-electron chi connectivity index (χ1n) is 6.86. The van der Waals surface area contributed by atoms with Crippen LogP contribution in [0.3, 0.4) is 0 Å². The molecule has 0 saturated carbocycles. The summed E-state index contributed by atoms with van der Waals surface area (Å²) in [4.78, 5) is 12.2. The zero-order valence-electron chi connectivity index (χ0n) is 11.3. The van der Waals surface area contributed by atoms with Crippen molar-refractivity contribution in [3.05, 3.63) is 59.9 Å². The number of para-hydroxylation sites is 1. The first-order chi connectivity index (χ1) is 9.81. The van der Waals surface area contributed by atoms with Gasteiger partial charge >= 0.3 is 0 Å². The number of hydrogen-bond donors (Lipinski definition) is 1. The van der Waals surface area contributed by atoms with E-state index in [4.69, 9.17) is 0 Å². The van der Waals surface area contributed by atoms with Gasteiger partial charge in [0.1, 0.15) is 0 Å². The highest BCUT2D eigenvalue weighted by Gasteiger charge is 2.26. The first-order valence-corrected chi connectivity index (χ1v) is 6.86. The minimum atomic E-state index is -0.113. The number of carbonyl (C=O) groups is 1. The summed E-state index contributed by atoms with van der Waals surface area (Å²) in [6, 6.07) is 9.96. The SMILES string of the molecule is C=CCNC(=O)c1nn(-c2ccccc2)c2c1CCC2. The van der Waals surface area contributed by atoms with Crippen molar-refractivity contribution in [1.29, 1.82) is 0 Å². The Bertz CT molecular complexity index is 643. The van der Waals surface area contributed by atoms with Gasteiger partial charge in [-0.3, -0.25) is 4.79 Å².